The number of benzene rings is 2. The summed E-state index contributed by atoms with van der Waals surface area (Å²) in [6.45, 7) is 5.78. The lowest BCUT2D eigenvalue weighted by Gasteiger charge is -2.24. The number of hydrogen-bond acceptors (Lipinski definition) is 6. The molecular formula is C29H35N3O4. The van der Waals surface area contributed by atoms with E-state index in [4.69, 9.17) is 19.0 Å². The van der Waals surface area contributed by atoms with Gasteiger partial charge in [-0.05, 0) is 61.9 Å². The van der Waals surface area contributed by atoms with Gasteiger partial charge in [0.15, 0.2) is 0 Å². The SMILES string of the molecule is CCCC[C@H](O)CN(Cc1ccco1)Cc1c(C)nn(-c2ccccc2)c1Oc1ccc(OC)cc1. The Morgan fingerprint density at radius 3 is 2.42 bits per heavy atom. The van der Waals surface area contributed by atoms with Crippen LogP contribution < -0.4 is 9.47 Å². The molecule has 0 bridgehead atoms. The third-order valence-electron chi connectivity index (χ3n) is 6.11. The van der Waals surface area contributed by atoms with E-state index in [2.05, 4.69) is 11.8 Å². The van der Waals surface area contributed by atoms with Crippen LogP contribution in [0.25, 0.3) is 5.69 Å². The Morgan fingerprint density at radius 1 is 1.00 bits per heavy atom. The fraction of sp³-hybridized carbons (Fsp3) is 0.345. The van der Waals surface area contributed by atoms with E-state index in [1.54, 1.807) is 13.4 Å². The number of aliphatic hydroxyl groups excluding tert-OH is 1. The Morgan fingerprint density at radius 2 is 1.75 bits per heavy atom. The van der Waals surface area contributed by atoms with Crippen LogP contribution in [0.1, 0.15) is 43.2 Å². The highest BCUT2D eigenvalue weighted by atomic mass is 16.5. The van der Waals surface area contributed by atoms with E-state index < -0.39 is 6.10 Å². The summed E-state index contributed by atoms with van der Waals surface area (Å²) < 4.78 is 19.2. The molecule has 0 fully saturated rings. The van der Waals surface area contributed by atoms with Crippen LogP contribution in [0.5, 0.6) is 17.4 Å². The maximum atomic E-state index is 10.7. The molecular weight excluding hydrogens is 454 g/mol. The molecule has 190 valence electrons. The van der Waals surface area contributed by atoms with E-state index in [-0.39, 0.29) is 0 Å². The van der Waals surface area contributed by atoms with Crippen molar-refractivity contribution in [1.29, 1.82) is 0 Å². The number of para-hydroxylation sites is 1. The van der Waals surface area contributed by atoms with E-state index >= 15 is 0 Å². The van der Waals surface area contributed by atoms with Gasteiger partial charge in [-0.15, -0.1) is 0 Å². The van der Waals surface area contributed by atoms with Crippen LogP contribution in [0.15, 0.2) is 77.4 Å². The molecule has 2 heterocycles. The topological polar surface area (TPSA) is 72.9 Å². The normalized spacial score (nSPS) is 12.1. The quantitative estimate of drug-likeness (QED) is 0.244. The van der Waals surface area contributed by atoms with Gasteiger partial charge in [-0.25, -0.2) is 4.68 Å². The molecule has 4 aromatic rings. The number of aliphatic hydroxyl groups is 1. The van der Waals surface area contributed by atoms with Crippen LogP contribution in [0, 0.1) is 6.92 Å². The average Bonchev–Trinajstić information content (AvgIpc) is 3.52. The number of ether oxygens (including phenoxy) is 2. The first kappa shape index (κ1) is 25.5. The van der Waals surface area contributed by atoms with Crippen molar-refractivity contribution in [2.75, 3.05) is 13.7 Å². The molecule has 7 heteroatoms. The third kappa shape index (κ3) is 6.56. The summed E-state index contributed by atoms with van der Waals surface area (Å²) in [5, 5.41) is 15.6. The highest BCUT2D eigenvalue weighted by Crippen LogP contribution is 2.32. The molecule has 36 heavy (non-hydrogen) atoms. The predicted octanol–water partition coefficient (Wildman–Crippen LogP) is 6.13. The van der Waals surface area contributed by atoms with Crippen LogP contribution in [-0.4, -0.2) is 39.5 Å². The molecule has 0 spiro atoms. The number of methoxy groups -OCH3 is 1. The van der Waals surface area contributed by atoms with E-state index in [9.17, 15) is 5.11 Å². The first-order valence-electron chi connectivity index (χ1n) is 12.5. The molecule has 2 aromatic carbocycles. The minimum absolute atomic E-state index is 0.421. The number of rotatable bonds is 13. The van der Waals surface area contributed by atoms with Crippen molar-refractivity contribution in [1.82, 2.24) is 14.7 Å². The maximum absolute atomic E-state index is 10.7. The van der Waals surface area contributed by atoms with Gasteiger partial charge in [-0.3, -0.25) is 4.90 Å². The van der Waals surface area contributed by atoms with Gasteiger partial charge in [0.2, 0.25) is 5.88 Å². The molecule has 1 N–H and O–H groups in total. The van der Waals surface area contributed by atoms with Crippen molar-refractivity contribution in [3.63, 3.8) is 0 Å². The number of aromatic nitrogens is 2. The van der Waals surface area contributed by atoms with Gasteiger partial charge in [-0.1, -0.05) is 38.0 Å². The highest BCUT2D eigenvalue weighted by Gasteiger charge is 2.23. The van der Waals surface area contributed by atoms with Gasteiger partial charge >= 0.3 is 0 Å². The van der Waals surface area contributed by atoms with Crippen molar-refractivity contribution >= 4 is 0 Å². The zero-order chi connectivity index (χ0) is 25.3. The summed E-state index contributed by atoms with van der Waals surface area (Å²) >= 11 is 0. The van der Waals surface area contributed by atoms with Gasteiger partial charge in [0.25, 0.3) is 0 Å². The van der Waals surface area contributed by atoms with Crippen LogP contribution in [0.3, 0.4) is 0 Å². The third-order valence-corrected chi connectivity index (χ3v) is 6.11. The van der Waals surface area contributed by atoms with Crippen LogP contribution in [-0.2, 0) is 13.1 Å². The number of aryl methyl sites for hydroxylation is 1. The highest BCUT2D eigenvalue weighted by molar-refractivity contribution is 5.44. The zero-order valence-electron chi connectivity index (χ0n) is 21.3. The second-order valence-corrected chi connectivity index (χ2v) is 8.94. The Hall–Kier alpha value is -3.55. The molecule has 0 radical (unpaired) electrons. The van der Waals surface area contributed by atoms with Crippen LogP contribution >= 0.6 is 0 Å². The molecule has 0 amide bonds. The molecule has 0 saturated heterocycles. The van der Waals surface area contributed by atoms with Crippen molar-refractivity contribution in [3.05, 3.63) is 90.0 Å². The van der Waals surface area contributed by atoms with Gasteiger partial charge in [-0.2, -0.15) is 5.10 Å². The van der Waals surface area contributed by atoms with Crippen LogP contribution in [0.2, 0.25) is 0 Å². The molecule has 0 aliphatic carbocycles. The van der Waals surface area contributed by atoms with Crippen LogP contribution in [0.4, 0.5) is 0 Å². The van der Waals surface area contributed by atoms with Crippen molar-refractivity contribution in [3.8, 4) is 23.1 Å². The molecule has 0 saturated carbocycles. The summed E-state index contributed by atoms with van der Waals surface area (Å²) in [7, 11) is 1.64. The Labute approximate surface area is 212 Å². The number of furan rings is 1. The molecule has 0 aliphatic rings. The van der Waals surface area contributed by atoms with Gasteiger partial charge in [0.05, 0.1) is 43.0 Å². The summed E-state index contributed by atoms with van der Waals surface area (Å²) in [5.41, 5.74) is 2.75. The second-order valence-electron chi connectivity index (χ2n) is 8.94. The summed E-state index contributed by atoms with van der Waals surface area (Å²) in [5.74, 6) is 2.95. The van der Waals surface area contributed by atoms with E-state index in [0.29, 0.717) is 31.3 Å². The lowest BCUT2D eigenvalue weighted by Crippen LogP contribution is -2.32. The Balaban J connectivity index is 1.68. The maximum Gasteiger partial charge on any atom is 0.227 e. The summed E-state index contributed by atoms with van der Waals surface area (Å²) in [6, 6.07) is 21.3. The van der Waals surface area contributed by atoms with E-state index in [1.807, 2.05) is 78.3 Å². The van der Waals surface area contributed by atoms with Crippen molar-refractivity contribution in [2.24, 2.45) is 0 Å². The van der Waals surface area contributed by atoms with Gasteiger partial charge < -0.3 is 19.0 Å². The molecule has 4 rings (SSSR count). The first-order chi connectivity index (χ1) is 17.6. The fourth-order valence-corrected chi connectivity index (χ4v) is 4.19. The average molecular weight is 490 g/mol. The molecule has 1 atom stereocenters. The van der Waals surface area contributed by atoms with Crippen molar-refractivity contribution < 1.29 is 19.0 Å². The fourth-order valence-electron chi connectivity index (χ4n) is 4.19. The zero-order valence-corrected chi connectivity index (χ0v) is 21.3. The number of nitrogens with zero attached hydrogens (tertiary/aromatic N) is 3. The molecule has 0 unspecified atom stereocenters. The lowest BCUT2D eigenvalue weighted by molar-refractivity contribution is 0.0915. The number of unbranched alkanes of at least 4 members (excludes halogenated alkanes) is 1. The minimum Gasteiger partial charge on any atom is -0.497 e. The number of hydrogen-bond donors (Lipinski definition) is 1. The van der Waals surface area contributed by atoms with Gasteiger partial charge in [0.1, 0.15) is 17.3 Å². The largest absolute Gasteiger partial charge is 0.497 e. The minimum atomic E-state index is -0.421. The molecule has 7 nitrogen and oxygen atoms in total. The van der Waals surface area contributed by atoms with E-state index in [0.717, 1.165) is 47.7 Å². The summed E-state index contributed by atoms with van der Waals surface area (Å²) in [6.07, 6.45) is 4.07. The molecule has 2 aromatic heterocycles. The van der Waals surface area contributed by atoms with Crippen molar-refractivity contribution in [2.45, 2.75) is 52.3 Å². The van der Waals surface area contributed by atoms with E-state index in [1.165, 1.54) is 0 Å². The van der Waals surface area contributed by atoms with Gasteiger partial charge in [0, 0.05) is 13.1 Å². The first-order valence-corrected chi connectivity index (χ1v) is 12.5. The Kier molecular flexibility index (Phi) is 8.81. The summed E-state index contributed by atoms with van der Waals surface area (Å²) in [4.78, 5) is 2.19. The smallest absolute Gasteiger partial charge is 0.227 e. The Bertz CT molecular complexity index is 1190. The monoisotopic (exact) mass is 489 g/mol. The lowest BCUT2D eigenvalue weighted by atomic mass is 10.1. The predicted molar refractivity (Wildman–Crippen MR) is 140 cm³/mol. The standard InChI is InChI=1S/C29H35N3O4/c1-4-5-12-24(33)19-31(20-27-13-9-18-35-27)21-28-22(2)30-32(23-10-7-6-8-11-23)29(28)36-26-16-14-25(34-3)15-17-26/h6-11,13-18,24,33H,4-5,12,19-21H2,1-3H3/t24-/m0/s1. The molecule has 0 aliphatic heterocycles. The second kappa shape index (κ2) is 12.4.